The molecule has 2 aromatic rings. The molecular formula is C24H27N3O3. The van der Waals surface area contributed by atoms with E-state index in [1.165, 1.54) is 6.92 Å². The van der Waals surface area contributed by atoms with Gasteiger partial charge < -0.3 is 15.4 Å². The summed E-state index contributed by atoms with van der Waals surface area (Å²) in [5.74, 6) is -0.344. The lowest BCUT2D eigenvalue weighted by molar-refractivity contribution is -0.149. The lowest BCUT2D eigenvalue weighted by atomic mass is 9.92. The number of nitrogens with one attached hydrogen (secondary N) is 2. The van der Waals surface area contributed by atoms with Gasteiger partial charge in [-0.05, 0) is 74.1 Å². The summed E-state index contributed by atoms with van der Waals surface area (Å²) >= 11 is 0. The monoisotopic (exact) mass is 405 g/mol. The molecule has 0 aliphatic heterocycles. The van der Waals surface area contributed by atoms with Gasteiger partial charge in [-0.25, -0.2) is 0 Å². The van der Waals surface area contributed by atoms with E-state index >= 15 is 0 Å². The number of benzene rings is 2. The minimum absolute atomic E-state index is 0.0451. The molecule has 0 heterocycles. The largest absolute Gasteiger partial charge is 0.462 e. The Kier molecular flexibility index (Phi) is 7.08. The van der Waals surface area contributed by atoms with Crippen LogP contribution in [-0.4, -0.2) is 24.0 Å². The fourth-order valence-corrected chi connectivity index (χ4v) is 3.74. The molecule has 0 aromatic heterocycles. The van der Waals surface area contributed by atoms with Crippen molar-refractivity contribution in [2.75, 3.05) is 10.6 Å². The van der Waals surface area contributed by atoms with Crippen LogP contribution in [0.4, 0.5) is 11.4 Å². The quantitative estimate of drug-likeness (QED) is 0.698. The molecule has 1 aliphatic rings. The molecule has 0 saturated heterocycles. The minimum atomic E-state index is -0.221. The van der Waals surface area contributed by atoms with Crippen LogP contribution in [0.5, 0.6) is 0 Å². The van der Waals surface area contributed by atoms with E-state index in [1.807, 2.05) is 37.3 Å². The number of carbonyl (C=O) groups is 2. The molecule has 2 N–H and O–H groups in total. The van der Waals surface area contributed by atoms with Crippen LogP contribution in [0.2, 0.25) is 0 Å². The predicted molar refractivity (Wildman–Crippen MR) is 116 cm³/mol. The van der Waals surface area contributed by atoms with Gasteiger partial charge in [-0.2, -0.15) is 5.26 Å². The summed E-state index contributed by atoms with van der Waals surface area (Å²) in [5, 5.41) is 15.2. The highest BCUT2D eigenvalue weighted by atomic mass is 16.5. The van der Waals surface area contributed by atoms with Crippen LogP contribution in [-0.2, 0) is 20.7 Å². The Morgan fingerprint density at radius 3 is 2.40 bits per heavy atom. The van der Waals surface area contributed by atoms with Gasteiger partial charge in [0.1, 0.15) is 6.10 Å². The summed E-state index contributed by atoms with van der Waals surface area (Å²) in [7, 11) is 0. The smallest absolute Gasteiger partial charge is 0.310 e. The molecule has 1 amide bonds. The fourth-order valence-electron chi connectivity index (χ4n) is 3.74. The molecule has 1 aliphatic carbocycles. The van der Waals surface area contributed by atoms with Crippen LogP contribution in [0, 0.1) is 18.3 Å². The molecule has 30 heavy (non-hydrogen) atoms. The number of esters is 1. The summed E-state index contributed by atoms with van der Waals surface area (Å²) in [6.45, 7) is 3.46. The Bertz CT molecular complexity index is 939. The SMILES string of the molecule is CC(=O)Nc1ccc(CC(=O)OC2CCC(Nc3ccc(C#N)cc3C)CC2)cc1. The molecular weight excluding hydrogens is 378 g/mol. The molecule has 2 aromatic carbocycles. The Morgan fingerprint density at radius 2 is 1.80 bits per heavy atom. The van der Waals surface area contributed by atoms with E-state index in [-0.39, 0.29) is 24.4 Å². The van der Waals surface area contributed by atoms with E-state index < -0.39 is 0 Å². The highest BCUT2D eigenvalue weighted by Gasteiger charge is 2.24. The third-order valence-corrected chi connectivity index (χ3v) is 5.31. The Hall–Kier alpha value is -3.33. The zero-order chi connectivity index (χ0) is 21.5. The van der Waals surface area contributed by atoms with Crippen LogP contribution < -0.4 is 10.6 Å². The van der Waals surface area contributed by atoms with Crippen molar-refractivity contribution in [2.24, 2.45) is 0 Å². The van der Waals surface area contributed by atoms with Gasteiger partial charge in [0.15, 0.2) is 0 Å². The Morgan fingerprint density at radius 1 is 1.10 bits per heavy atom. The summed E-state index contributed by atoms with van der Waals surface area (Å²) in [6, 6.07) is 15.4. The second-order valence-corrected chi connectivity index (χ2v) is 7.80. The molecule has 0 radical (unpaired) electrons. The maximum absolute atomic E-state index is 12.3. The molecule has 0 atom stereocenters. The number of ether oxygens (including phenoxy) is 1. The van der Waals surface area contributed by atoms with Crippen molar-refractivity contribution in [2.45, 2.75) is 58.1 Å². The average Bonchev–Trinajstić information content (AvgIpc) is 2.72. The number of carbonyl (C=O) groups excluding carboxylic acids is 2. The van der Waals surface area contributed by atoms with Gasteiger partial charge in [0.2, 0.25) is 5.91 Å². The summed E-state index contributed by atoms with van der Waals surface area (Å²) in [4.78, 5) is 23.4. The number of aryl methyl sites for hydroxylation is 1. The van der Waals surface area contributed by atoms with E-state index in [0.29, 0.717) is 17.3 Å². The van der Waals surface area contributed by atoms with Crippen molar-refractivity contribution in [1.29, 1.82) is 5.26 Å². The maximum atomic E-state index is 12.3. The van der Waals surface area contributed by atoms with E-state index in [9.17, 15) is 9.59 Å². The first-order valence-corrected chi connectivity index (χ1v) is 10.3. The molecule has 1 saturated carbocycles. The molecule has 0 unspecified atom stereocenters. The van der Waals surface area contributed by atoms with Gasteiger partial charge in [-0.1, -0.05) is 12.1 Å². The highest BCUT2D eigenvalue weighted by molar-refractivity contribution is 5.88. The second kappa shape index (κ2) is 9.93. The number of hydrogen-bond donors (Lipinski definition) is 2. The van der Waals surface area contributed by atoms with Crippen molar-refractivity contribution in [3.63, 3.8) is 0 Å². The third-order valence-electron chi connectivity index (χ3n) is 5.31. The van der Waals surface area contributed by atoms with Crippen LogP contribution in [0.15, 0.2) is 42.5 Å². The topological polar surface area (TPSA) is 91.2 Å². The highest BCUT2D eigenvalue weighted by Crippen LogP contribution is 2.26. The molecule has 0 bridgehead atoms. The number of nitrogens with zero attached hydrogens (tertiary/aromatic N) is 1. The van der Waals surface area contributed by atoms with Gasteiger partial charge in [0, 0.05) is 24.3 Å². The number of rotatable bonds is 6. The fraction of sp³-hybridized carbons (Fsp3) is 0.375. The predicted octanol–water partition coefficient (Wildman–Crippen LogP) is 4.33. The van der Waals surface area contributed by atoms with Gasteiger partial charge >= 0.3 is 5.97 Å². The first-order valence-electron chi connectivity index (χ1n) is 10.3. The van der Waals surface area contributed by atoms with Crippen molar-refractivity contribution in [3.05, 3.63) is 59.2 Å². The van der Waals surface area contributed by atoms with Gasteiger partial charge in [-0.15, -0.1) is 0 Å². The molecule has 1 fully saturated rings. The lowest BCUT2D eigenvalue weighted by Gasteiger charge is -2.30. The van der Waals surface area contributed by atoms with Crippen molar-refractivity contribution >= 4 is 23.3 Å². The molecule has 156 valence electrons. The van der Waals surface area contributed by atoms with Crippen LogP contribution >= 0.6 is 0 Å². The average molecular weight is 405 g/mol. The van der Waals surface area contributed by atoms with Crippen molar-refractivity contribution in [3.8, 4) is 6.07 Å². The van der Waals surface area contributed by atoms with E-state index in [4.69, 9.17) is 10.00 Å². The van der Waals surface area contributed by atoms with E-state index in [2.05, 4.69) is 16.7 Å². The van der Waals surface area contributed by atoms with Crippen LogP contribution in [0.3, 0.4) is 0 Å². The number of nitriles is 1. The first kappa shape index (κ1) is 21.4. The second-order valence-electron chi connectivity index (χ2n) is 7.80. The van der Waals surface area contributed by atoms with E-state index in [1.54, 1.807) is 12.1 Å². The molecule has 6 heteroatoms. The number of amides is 1. The maximum Gasteiger partial charge on any atom is 0.310 e. The standard InChI is InChI=1S/C24H27N3O3/c1-16-13-19(15-25)5-12-23(16)27-21-8-10-22(11-9-21)30-24(29)14-18-3-6-20(7-4-18)26-17(2)28/h3-7,12-13,21-22,27H,8-11,14H2,1-2H3,(H,26,28). The number of hydrogen-bond acceptors (Lipinski definition) is 5. The normalized spacial score (nSPS) is 18.2. The van der Waals surface area contributed by atoms with Crippen LogP contribution in [0.25, 0.3) is 0 Å². The zero-order valence-electron chi connectivity index (χ0n) is 17.4. The molecule has 0 spiro atoms. The minimum Gasteiger partial charge on any atom is -0.462 e. The van der Waals surface area contributed by atoms with Gasteiger partial charge in [-0.3, -0.25) is 9.59 Å². The number of anilines is 2. The van der Waals surface area contributed by atoms with Crippen molar-refractivity contribution < 1.29 is 14.3 Å². The molecule has 3 rings (SSSR count). The summed E-state index contributed by atoms with van der Waals surface area (Å²) in [6.07, 6.45) is 3.71. The van der Waals surface area contributed by atoms with Crippen molar-refractivity contribution in [1.82, 2.24) is 0 Å². The summed E-state index contributed by atoms with van der Waals surface area (Å²) < 4.78 is 5.67. The zero-order valence-corrected chi connectivity index (χ0v) is 17.4. The third kappa shape index (κ3) is 6.08. The van der Waals surface area contributed by atoms with Crippen LogP contribution in [0.1, 0.15) is 49.3 Å². The first-order chi connectivity index (χ1) is 14.4. The summed E-state index contributed by atoms with van der Waals surface area (Å²) in [5.41, 5.74) is 4.35. The van der Waals surface area contributed by atoms with Gasteiger partial charge in [0.25, 0.3) is 0 Å². The Balaban J connectivity index is 1.43. The Labute approximate surface area is 177 Å². The lowest BCUT2D eigenvalue weighted by Crippen LogP contribution is -2.31. The van der Waals surface area contributed by atoms with E-state index in [0.717, 1.165) is 42.5 Å². The molecule has 6 nitrogen and oxygen atoms in total. The van der Waals surface area contributed by atoms with Gasteiger partial charge in [0.05, 0.1) is 18.1 Å².